The van der Waals surface area contributed by atoms with Crippen LogP contribution < -0.4 is 10.2 Å². The second kappa shape index (κ2) is 8.17. The van der Waals surface area contributed by atoms with Crippen molar-refractivity contribution in [1.82, 2.24) is 0 Å². The fourth-order valence-corrected chi connectivity index (χ4v) is 4.77. The molecule has 1 amide bonds. The summed E-state index contributed by atoms with van der Waals surface area (Å²) in [5.74, 6) is -0.556. The molecule has 2 N–H and O–H groups in total. The molecule has 0 fully saturated rings. The van der Waals surface area contributed by atoms with E-state index in [0.29, 0.717) is 27.7 Å². The number of anilines is 1. The molecular weight excluding hydrogens is 373 g/mol. The minimum Gasteiger partial charge on any atom is -0.326 e. The van der Waals surface area contributed by atoms with Gasteiger partial charge < -0.3 is 10.2 Å². The van der Waals surface area contributed by atoms with E-state index in [2.05, 4.69) is 11.4 Å². The second-order valence-corrected chi connectivity index (χ2v) is 8.10. The lowest BCUT2D eigenvalue weighted by Gasteiger charge is -2.15. The molecule has 1 unspecified atom stereocenters. The van der Waals surface area contributed by atoms with E-state index in [1.165, 1.54) is 22.3 Å². The number of amides is 1. The number of carbonyl (C=O) groups excluding carboxylic acids is 1. The van der Waals surface area contributed by atoms with Gasteiger partial charge >= 0.3 is 0 Å². The third-order valence-electron chi connectivity index (χ3n) is 4.54. The molecule has 0 spiro atoms. The minimum absolute atomic E-state index is 0.165. The molecule has 0 bridgehead atoms. The number of halogens is 2. The Balaban J connectivity index is 1.66. The molecule has 1 aliphatic carbocycles. The average molecular weight is 393 g/mol. The zero-order valence-corrected chi connectivity index (χ0v) is 16.1. The van der Waals surface area contributed by atoms with Crippen molar-refractivity contribution in [3.05, 3.63) is 50.6 Å². The highest BCUT2D eigenvalue weighted by atomic mass is 35.5. The number of fused-ring (bicyclic) bond motifs is 1. The van der Waals surface area contributed by atoms with Gasteiger partial charge in [0.1, 0.15) is 23.4 Å². The van der Waals surface area contributed by atoms with Crippen LogP contribution in [0.15, 0.2) is 18.2 Å². The lowest BCUT2D eigenvalue weighted by Crippen LogP contribution is -3.08. The van der Waals surface area contributed by atoms with Crippen LogP contribution in [-0.4, -0.2) is 19.5 Å². The first-order valence-corrected chi connectivity index (χ1v) is 9.77. The topological polar surface area (TPSA) is 57.3 Å². The largest absolute Gasteiger partial charge is 0.326 e. The van der Waals surface area contributed by atoms with E-state index in [1.807, 2.05) is 7.05 Å². The lowest BCUT2D eigenvalue weighted by atomic mass is 9.96. The number of rotatable bonds is 5. The number of carbonyl (C=O) groups is 1. The number of nitriles is 1. The van der Waals surface area contributed by atoms with Crippen molar-refractivity contribution in [2.45, 2.75) is 32.2 Å². The standard InChI is InChI=1S/C19H19ClFN3OS/c1-24(10-14-15(20)6-4-7-16(14)21)11-18(25)23-19-13(9-22)12-5-2-3-8-17(12)26-19/h4,6-7H,2-3,5,8,10-11H2,1H3,(H,23,25)/p+1. The zero-order chi connectivity index (χ0) is 18.7. The Hall–Kier alpha value is -1.94. The summed E-state index contributed by atoms with van der Waals surface area (Å²) in [6.07, 6.45) is 4.09. The maximum Gasteiger partial charge on any atom is 0.280 e. The quantitative estimate of drug-likeness (QED) is 0.821. The van der Waals surface area contributed by atoms with E-state index >= 15 is 0 Å². The monoisotopic (exact) mass is 392 g/mol. The molecule has 1 atom stereocenters. The van der Waals surface area contributed by atoms with Crippen molar-refractivity contribution in [2.24, 2.45) is 0 Å². The van der Waals surface area contributed by atoms with Crippen LogP contribution in [0, 0.1) is 17.1 Å². The molecule has 0 aliphatic heterocycles. The molecular formula is C19H20ClFN3OS+. The van der Waals surface area contributed by atoms with Crippen LogP contribution in [0.2, 0.25) is 5.02 Å². The Morgan fingerprint density at radius 2 is 2.19 bits per heavy atom. The zero-order valence-electron chi connectivity index (χ0n) is 14.5. The van der Waals surface area contributed by atoms with E-state index in [1.54, 1.807) is 12.1 Å². The van der Waals surface area contributed by atoms with E-state index in [9.17, 15) is 14.4 Å². The van der Waals surface area contributed by atoms with Gasteiger partial charge in [-0.1, -0.05) is 17.7 Å². The normalized spacial score (nSPS) is 14.4. The molecule has 0 saturated heterocycles. The second-order valence-electron chi connectivity index (χ2n) is 6.59. The van der Waals surface area contributed by atoms with Crippen LogP contribution >= 0.6 is 22.9 Å². The van der Waals surface area contributed by atoms with Gasteiger partial charge in [0.25, 0.3) is 5.91 Å². The van der Waals surface area contributed by atoms with E-state index in [-0.39, 0.29) is 18.3 Å². The van der Waals surface area contributed by atoms with E-state index in [4.69, 9.17) is 11.6 Å². The van der Waals surface area contributed by atoms with Crippen molar-refractivity contribution in [2.75, 3.05) is 18.9 Å². The van der Waals surface area contributed by atoms with Gasteiger partial charge in [-0.15, -0.1) is 11.3 Å². The summed E-state index contributed by atoms with van der Waals surface area (Å²) in [6, 6.07) is 6.81. The van der Waals surface area contributed by atoms with Gasteiger partial charge in [-0.3, -0.25) is 4.79 Å². The predicted octanol–water partition coefficient (Wildman–Crippen LogP) is 2.94. The highest BCUT2D eigenvalue weighted by molar-refractivity contribution is 7.16. The summed E-state index contributed by atoms with van der Waals surface area (Å²) in [4.78, 5) is 14.4. The molecule has 1 aromatic carbocycles. The van der Waals surface area contributed by atoms with E-state index in [0.717, 1.165) is 36.1 Å². The van der Waals surface area contributed by atoms with Crippen LogP contribution in [0.5, 0.6) is 0 Å². The Kier molecular flexibility index (Phi) is 5.92. The third-order valence-corrected chi connectivity index (χ3v) is 6.10. The molecule has 0 radical (unpaired) electrons. The number of hydrogen-bond acceptors (Lipinski definition) is 3. The molecule has 0 saturated carbocycles. The number of benzene rings is 1. The molecule has 1 aromatic heterocycles. The van der Waals surface area contributed by atoms with Crippen molar-refractivity contribution in [1.29, 1.82) is 5.26 Å². The van der Waals surface area contributed by atoms with Crippen LogP contribution in [0.25, 0.3) is 0 Å². The average Bonchev–Trinajstić information content (AvgIpc) is 2.95. The lowest BCUT2D eigenvalue weighted by molar-refractivity contribution is -0.885. The first kappa shape index (κ1) is 18.8. The Morgan fingerprint density at radius 1 is 1.42 bits per heavy atom. The number of quaternary nitrogens is 1. The fraction of sp³-hybridized carbons (Fsp3) is 0.368. The first-order chi connectivity index (χ1) is 12.5. The molecule has 1 heterocycles. The van der Waals surface area contributed by atoms with Crippen LogP contribution in [0.4, 0.5) is 9.39 Å². The number of likely N-dealkylation sites (N-methyl/N-ethyl adjacent to an activating group) is 1. The van der Waals surface area contributed by atoms with Crippen LogP contribution in [0.3, 0.4) is 0 Å². The number of hydrogen-bond donors (Lipinski definition) is 2. The van der Waals surface area contributed by atoms with Crippen molar-refractivity contribution >= 4 is 33.8 Å². The number of nitrogens with zero attached hydrogens (tertiary/aromatic N) is 1. The summed E-state index contributed by atoms with van der Waals surface area (Å²) in [6.45, 7) is 0.475. The summed E-state index contributed by atoms with van der Waals surface area (Å²) in [5, 5.41) is 13.3. The predicted molar refractivity (Wildman–Crippen MR) is 101 cm³/mol. The smallest absolute Gasteiger partial charge is 0.280 e. The van der Waals surface area contributed by atoms with Gasteiger partial charge in [0.05, 0.1) is 23.2 Å². The van der Waals surface area contributed by atoms with Gasteiger partial charge in [-0.25, -0.2) is 4.39 Å². The van der Waals surface area contributed by atoms with Crippen molar-refractivity contribution < 1.29 is 14.1 Å². The molecule has 4 nitrogen and oxygen atoms in total. The van der Waals surface area contributed by atoms with Crippen molar-refractivity contribution in [3.63, 3.8) is 0 Å². The van der Waals surface area contributed by atoms with Gasteiger partial charge in [0, 0.05) is 4.88 Å². The van der Waals surface area contributed by atoms with Gasteiger partial charge in [-0.2, -0.15) is 5.26 Å². The number of aryl methyl sites for hydroxylation is 1. The Morgan fingerprint density at radius 3 is 2.92 bits per heavy atom. The molecule has 136 valence electrons. The molecule has 3 rings (SSSR count). The van der Waals surface area contributed by atoms with Gasteiger partial charge in [0.15, 0.2) is 6.54 Å². The molecule has 26 heavy (non-hydrogen) atoms. The van der Waals surface area contributed by atoms with Crippen molar-refractivity contribution in [3.8, 4) is 6.07 Å². The number of nitrogens with one attached hydrogen (secondary N) is 2. The molecule has 7 heteroatoms. The van der Waals surface area contributed by atoms with E-state index < -0.39 is 0 Å². The maximum atomic E-state index is 13.9. The number of thiophene rings is 1. The fourth-order valence-electron chi connectivity index (χ4n) is 3.28. The summed E-state index contributed by atoms with van der Waals surface area (Å²) in [7, 11) is 1.81. The van der Waals surface area contributed by atoms with Crippen LogP contribution in [0.1, 0.15) is 34.4 Å². The van der Waals surface area contributed by atoms with Gasteiger partial charge in [0.2, 0.25) is 0 Å². The summed E-state index contributed by atoms with van der Waals surface area (Å²) in [5.41, 5.74) is 2.11. The maximum absolute atomic E-state index is 13.9. The minimum atomic E-state index is -0.366. The summed E-state index contributed by atoms with van der Waals surface area (Å²) >= 11 is 7.56. The first-order valence-electron chi connectivity index (χ1n) is 8.58. The van der Waals surface area contributed by atoms with Crippen LogP contribution in [-0.2, 0) is 24.2 Å². The Bertz CT molecular complexity index is 854. The third kappa shape index (κ3) is 4.07. The molecule has 1 aliphatic rings. The highest BCUT2D eigenvalue weighted by Gasteiger charge is 2.23. The SMILES string of the molecule is C[NH+](CC(=O)Nc1sc2c(c1C#N)CCCC2)Cc1c(F)cccc1Cl. The highest BCUT2D eigenvalue weighted by Crippen LogP contribution is 2.37. The van der Waals surface area contributed by atoms with Gasteiger partial charge in [-0.05, 0) is 43.4 Å². The Labute approximate surface area is 161 Å². The molecule has 2 aromatic rings. The summed E-state index contributed by atoms with van der Waals surface area (Å²) < 4.78 is 13.9.